The van der Waals surface area contributed by atoms with Crippen LogP contribution in [0.4, 0.5) is 4.79 Å². The van der Waals surface area contributed by atoms with Crippen molar-refractivity contribution < 1.29 is 83.6 Å². The molecule has 0 aromatic heterocycles. The van der Waals surface area contributed by atoms with Gasteiger partial charge in [-0.25, -0.2) is 4.79 Å². The third-order valence-electron chi connectivity index (χ3n) is 18.9. The molecule has 7 rings (SSSR count). The van der Waals surface area contributed by atoms with E-state index in [1.54, 1.807) is 0 Å². The zero-order valence-electron chi connectivity index (χ0n) is 45.2. The number of fused-ring (bicyclic) bond motifs is 5. The first-order valence-electron chi connectivity index (χ1n) is 28.3. The lowest BCUT2D eigenvalue weighted by molar-refractivity contribution is -0.387. The van der Waals surface area contributed by atoms with Gasteiger partial charge in [0.2, 0.25) is 5.91 Å². The summed E-state index contributed by atoms with van der Waals surface area (Å²) in [6.07, 6.45) is -3.15. The van der Waals surface area contributed by atoms with Crippen molar-refractivity contribution in [1.29, 1.82) is 0 Å². The molecule has 74 heavy (non-hydrogen) atoms. The highest BCUT2D eigenvalue weighted by Gasteiger charge is 2.60. The molecule has 3 saturated carbocycles. The van der Waals surface area contributed by atoms with Gasteiger partial charge < -0.3 is 84.6 Å². The Labute approximate surface area is 438 Å². The third kappa shape index (κ3) is 13.3. The van der Waals surface area contributed by atoms with Gasteiger partial charge in [0, 0.05) is 31.8 Å². The van der Waals surface area contributed by atoms with Crippen LogP contribution in [0.25, 0.3) is 0 Å². The van der Waals surface area contributed by atoms with Crippen molar-refractivity contribution in [3.05, 3.63) is 11.6 Å². The molecule has 19 nitrogen and oxygen atoms in total. The summed E-state index contributed by atoms with van der Waals surface area (Å²) < 4.78 is 41.6. The van der Waals surface area contributed by atoms with Gasteiger partial charge in [0.05, 0.1) is 32.0 Å². The maximum Gasteiger partial charge on any atom is 0.407 e. The molecule has 0 aromatic carbocycles. The Morgan fingerprint density at radius 2 is 1.42 bits per heavy atom. The first kappa shape index (κ1) is 59.6. The molecule has 0 spiro atoms. The highest BCUT2D eigenvalue weighted by Crippen LogP contribution is 2.67. The van der Waals surface area contributed by atoms with Gasteiger partial charge in [-0.3, -0.25) is 4.79 Å². The summed E-state index contributed by atoms with van der Waals surface area (Å²) in [5.41, 5.74) is 2.11. The van der Waals surface area contributed by atoms with Gasteiger partial charge in [-0.2, -0.15) is 0 Å². The SMILES string of the molecule is CC(C)CCC[C@@H](C)[C@H]1CC[C@H]2[C@@H]3CC=C4C[C@@H](OC(=O)NCCCCC(=O)NCCCO[C@@H]5OC(CO)[C@H](O)[C@H](O[C@H]6OC(CO)[C@H](O)[C@H](O)C6C)C5O[C@@H]5OC(C)[C@@H](O)C(O)[C@@H]5O)CC[C@]4(C)[C@H]3CC[C@]12C. The van der Waals surface area contributed by atoms with Crippen LogP contribution in [0.15, 0.2) is 11.6 Å². The smallest absolute Gasteiger partial charge is 0.407 e. The van der Waals surface area contributed by atoms with Crippen LogP contribution in [-0.4, -0.2) is 178 Å². The monoisotopic (exact) mass is 1050 g/mol. The van der Waals surface area contributed by atoms with Gasteiger partial charge >= 0.3 is 6.09 Å². The number of nitrogens with one attached hydrogen (secondary N) is 2. The zero-order chi connectivity index (χ0) is 53.6. The largest absolute Gasteiger partial charge is 0.446 e. The molecule has 6 fully saturated rings. The number of alkyl carbamates (subject to hydrolysis) is 1. The summed E-state index contributed by atoms with van der Waals surface area (Å²) in [6.45, 7) is 14.5. The second-order valence-electron chi connectivity index (χ2n) is 24.2. The van der Waals surface area contributed by atoms with Gasteiger partial charge in [-0.15, -0.1) is 0 Å². The van der Waals surface area contributed by atoms with E-state index < -0.39 is 111 Å². The summed E-state index contributed by atoms with van der Waals surface area (Å²) in [5, 5.41) is 89.9. The minimum Gasteiger partial charge on any atom is -0.446 e. The average molecular weight is 1060 g/mol. The van der Waals surface area contributed by atoms with Crippen molar-refractivity contribution in [2.45, 2.75) is 237 Å². The van der Waals surface area contributed by atoms with E-state index in [1.807, 2.05) is 0 Å². The Bertz CT molecular complexity index is 1830. The maximum atomic E-state index is 13.0. The molecule has 0 bridgehead atoms. The molecule has 0 aromatic rings. The highest BCUT2D eigenvalue weighted by atomic mass is 16.8. The molecule has 3 aliphatic heterocycles. The van der Waals surface area contributed by atoms with Crippen molar-refractivity contribution in [3.63, 3.8) is 0 Å². The Kier molecular flexibility index (Phi) is 21.1. The number of aliphatic hydroxyl groups is 8. The van der Waals surface area contributed by atoms with Crippen molar-refractivity contribution >= 4 is 12.0 Å². The van der Waals surface area contributed by atoms with Crippen molar-refractivity contribution in [2.24, 2.45) is 52.3 Å². The summed E-state index contributed by atoms with van der Waals surface area (Å²) in [7, 11) is 0. The second kappa shape index (κ2) is 26.3. The number of unbranched alkanes of at least 4 members (excludes halogenated alkanes) is 1. The van der Waals surface area contributed by atoms with Crippen molar-refractivity contribution in [2.75, 3.05) is 32.9 Å². The van der Waals surface area contributed by atoms with Crippen LogP contribution in [0.2, 0.25) is 0 Å². The van der Waals surface area contributed by atoms with Gasteiger partial charge in [0.1, 0.15) is 61.0 Å². The summed E-state index contributed by atoms with van der Waals surface area (Å²) in [4.78, 5) is 25.8. The van der Waals surface area contributed by atoms with E-state index in [2.05, 4.69) is 51.3 Å². The van der Waals surface area contributed by atoms with Gasteiger partial charge in [0.15, 0.2) is 18.9 Å². The Morgan fingerprint density at radius 3 is 2.15 bits per heavy atom. The number of aliphatic hydroxyl groups excluding tert-OH is 8. The minimum atomic E-state index is -1.76. The molecule has 426 valence electrons. The average Bonchev–Trinajstić information content (AvgIpc) is 3.73. The highest BCUT2D eigenvalue weighted by molar-refractivity contribution is 5.75. The van der Waals surface area contributed by atoms with E-state index >= 15 is 0 Å². The van der Waals surface area contributed by atoms with Crippen LogP contribution in [0.1, 0.15) is 145 Å². The molecule has 10 N–H and O–H groups in total. The fraction of sp³-hybridized carbons (Fsp3) is 0.927. The number of amides is 2. The lowest BCUT2D eigenvalue weighted by Crippen LogP contribution is -2.66. The first-order chi connectivity index (χ1) is 35.2. The molecule has 6 unspecified atom stereocenters. The summed E-state index contributed by atoms with van der Waals surface area (Å²) >= 11 is 0. The summed E-state index contributed by atoms with van der Waals surface area (Å²) in [5.74, 6) is 3.58. The molecule has 3 heterocycles. The number of carbonyl (C=O) groups excluding carboxylic acids is 2. The maximum absolute atomic E-state index is 13.0. The van der Waals surface area contributed by atoms with E-state index in [0.29, 0.717) is 30.7 Å². The Morgan fingerprint density at radius 1 is 0.716 bits per heavy atom. The first-order valence-corrected chi connectivity index (χ1v) is 28.3. The van der Waals surface area contributed by atoms with Gasteiger partial charge in [-0.1, -0.05) is 72.5 Å². The fourth-order valence-corrected chi connectivity index (χ4v) is 14.4. The third-order valence-corrected chi connectivity index (χ3v) is 18.9. The number of carbonyl (C=O) groups is 2. The molecule has 23 atom stereocenters. The number of rotatable bonds is 22. The van der Waals surface area contributed by atoms with E-state index in [1.165, 1.54) is 64.4 Å². The Hall–Kier alpha value is -2.08. The van der Waals surface area contributed by atoms with Crippen molar-refractivity contribution in [3.8, 4) is 0 Å². The van der Waals surface area contributed by atoms with Crippen molar-refractivity contribution in [1.82, 2.24) is 10.6 Å². The second-order valence-corrected chi connectivity index (χ2v) is 24.2. The normalized spacial score (nSPS) is 43.6. The molecule has 4 aliphatic carbocycles. The van der Waals surface area contributed by atoms with E-state index in [4.69, 9.17) is 33.2 Å². The number of hydrogen-bond acceptors (Lipinski definition) is 17. The lowest BCUT2D eigenvalue weighted by Gasteiger charge is -2.58. The fourth-order valence-electron chi connectivity index (χ4n) is 14.4. The van der Waals surface area contributed by atoms with Gasteiger partial charge in [0.25, 0.3) is 0 Å². The predicted molar refractivity (Wildman–Crippen MR) is 270 cm³/mol. The molecule has 0 radical (unpaired) electrons. The lowest BCUT2D eigenvalue weighted by atomic mass is 9.47. The number of ether oxygens (including phenoxy) is 7. The van der Waals surface area contributed by atoms with Crippen LogP contribution in [0, 0.1) is 52.3 Å². The molecular formula is C55H94N2O17. The van der Waals surface area contributed by atoms with Crippen LogP contribution < -0.4 is 10.6 Å². The zero-order valence-corrected chi connectivity index (χ0v) is 45.2. The molecule has 7 aliphatic rings. The minimum absolute atomic E-state index is 0.0331. The van der Waals surface area contributed by atoms with Crippen LogP contribution in [-0.2, 0) is 38.0 Å². The standard InChI is InChI=1S/C55H94N2O17/c1-29(2)12-10-13-30(3)36-17-18-37-35-16-15-33-26-34(19-21-54(33,6)38(35)20-22-55(36,37)7)70-53(67)57-23-9-8-14-41(60)56-24-11-25-68-52-49(74-51-47(66)46(65)43(62)32(5)69-51)48(45(64)40(28-59)72-52)73-50-31(4)42(61)44(63)39(27-58)71-50/h15,29-32,34-40,42-52,58-59,61-66H,8-14,16-28H2,1-7H3,(H,56,60)(H,57,67)/t30-,31?,32?,34+,35+,36-,37+,38+,39?,40?,42-,43-,44+,45+,46?,47+,48+,49?,50-,51+,52-,54+,55-/m1/s1. The van der Waals surface area contributed by atoms with Crippen LogP contribution >= 0.6 is 0 Å². The van der Waals surface area contributed by atoms with Gasteiger partial charge in [-0.05, 0) is 117 Å². The quantitative estimate of drug-likeness (QED) is 0.0548. The molecule has 2 amide bonds. The Balaban J connectivity index is 0.824. The van der Waals surface area contributed by atoms with Crippen LogP contribution in [0.5, 0.6) is 0 Å². The van der Waals surface area contributed by atoms with Crippen LogP contribution in [0.3, 0.4) is 0 Å². The van der Waals surface area contributed by atoms with E-state index in [9.17, 15) is 50.4 Å². The molecule has 3 saturated heterocycles. The molecular weight excluding hydrogens is 961 g/mol. The van der Waals surface area contributed by atoms with E-state index in [-0.39, 0.29) is 43.4 Å². The van der Waals surface area contributed by atoms with E-state index in [0.717, 1.165) is 55.3 Å². The summed E-state index contributed by atoms with van der Waals surface area (Å²) in [6, 6.07) is 0. The topological polar surface area (TPSA) is 285 Å². The molecule has 19 heteroatoms. The predicted octanol–water partition coefficient (Wildman–Crippen LogP) is 3.57. The number of hydrogen-bond donors (Lipinski definition) is 10. The number of allylic oxidation sites excluding steroid dienone is 1.